The lowest BCUT2D eigenvalue weighted by Gasteiger charge is -2.28. The molecule has 1 fully saturated rings. The third kappa shape index (κ3) is 4.77. The predicted molar refractivity (Wildman–Crippen MR) is 114 cm³/mol. The first-order valence-electron chi connectivity index (χ1n) is 9.48. The molecular weight excluding hydrogens is 410 g/mol. The van der Waals surface area contributed by atoms with Crippen molar-refractivity contribution < 1.29 is 23.0 Å². The van der Waals surface area contributed by atoms with E-state index in [-0.39, 0.29) is 11.7 Å². The Morgan fingerprint density at radius 3 is 2.43 bits per heavy atom. The molecule has 0 aliphatic carbocycles. The average molecular weight is 430 g/mol. The molecule has 156 valence electrons. The van der Waals surface area contributed by atoms with Crippen molar-refractivity contribution >= 4 is 27.9 Å². The molecule has 1 N–H and O–H groups in total. The van der Waals surface area contributed by atoms with Crippen LogP contribution in [0, 0.1) is 0 Å². The number of halogens is 2. The molecule has 1 aromatic heterocycles. The Hall–Kier alpha value is -2.97. The predicted octanol–water partition coefficient (Wildman–Crippen LogP) is 5.11. The molecule has 3 aromatic rings. The molecular formula is C22H20F2N2O3S. The van der Waals surface area contributed by atoms with Gasteiger partial charge in [-0.3, -0.25) is 4.79 Å². The number of morpholine rings is 1. The van der Waals surface area contributed by atoms with Crippen LogP contribution in [0.15, 0.2) is 60.7 Å². The molecule has 8 heteroatoms. The minimum atomic E-state index is -2.88. The van der Waals surface area contributed by atoms with Crippen LogP contribution in [0.25, 0.3) is 11.1 Å². The van der Waals surface area contributed by atoms with Gasteiger partial charge in [0, 0.05) is 24.3 Å². The number of nitrogens with one attached hydrogen (secondary N) is 1. The van der Waals surface area contributed by atoms with Crippen LogP contribution in [0.5, 0.6) is 5.75 Å². The van der Waals surface area contributed by atoms with Crippen LogP contribution in [0.4, 0.5) is 19.5 Å². The molecule has 0 atom stereocenters. The van der Waals surface area contributed by atoms with Crippen molar-refractivity contribution in [3.05, 3.63) is 65.5 Å². The van der Waals surface area contributed by atoms with Gasteiger partial charge < -0.3 is 19.7 Å². The first-order valence-corrected chi connectivity index (χ1v) is 10.3. The van der Waals surface area contributed by atoms with Crippen LogP contribution in [-0.2, 0) is 4.74 Å². The highest BCUT2D eigenvalue weighted by Crippen LogP contribution is 2.39. The molecule has 0 radical (unpaired) electrons. The Morgan fingerprint density at radius 2 is 1.77 bits per heavy atom. The van der Waals surface area contributed by atoms with Gasteiger partial charge in [-0.1, -0.05) is 30.3 Å². The number of anilines is 2. The van der Waals surface area contributed by atoms with Gasteiger partial charge in [0.25, 0.3) is 5.91 Å². The van der Waals surface area contributed by atoms with E-state index in [2.05, 4.69) is 15.0 Å². The Balaban J connectivity index is 1.57. The maximum Gasteiger partial charge on any atom is 0.387 e. The normalized spacial score (nSPS) is 14.0. The monoisotopic (exact) mass is 430 g/mol. The highest BCUT2D eigenvalue weighted by atomic mass is 32.1. The van der Waals surface area contributed by atoms with Gasteiger partial charge in [-0.05, 0) is 35.9 Å². The molecule has 2 aromatic carbocycles. The molecule has 4 rings (SSSR count). The third-order valence-corrected chi connectivity index (χ3v) is 5.85. The molecule has 30 heavy (non-hydrogen) atoms. The van der Waals surface area contributed by atoms with Gasteiger partial charge in [0.1, 0.15) is 5.75 Å². The first kappa shape index (κ1) is 20.3. The minimum Gasteiger partial charge on any atom is -0.435 e. The number of benzene rings is 2. The van der Waals surface area contributed by atoms with Crippen LogP contribution in [-0.4, -0.2) is 38.8 Å². The lowest BCUT2D eigenvalue weighted by Crippen LogP contribution is -2.35. The second-order valence-corrected chi connectivity index (χ2v) is 7.68. The van der Waals surface area contributed by atoms with Gasteiger partial charge in [-0.25, -0.2) is 0 Å². The third-order valence-electron chi connectivity index (χ3n) is 4.66. The van der Waals surface area contributed by atoms with E-state index in [1.54, 1.807) is 0 Å². The van der Waals surface area contributed by atoms with E-state index in [4.69, 9.17) is 4.74 Å². The van der Waals surface area contributed by atoms with Crippen molar-refractivity contribution in [2.75, 3.05) is 36.5 Å². The zero-order valence-electron chi connectivity index (χ0n) is 16.0. The summed E-state index contributed by atoms with van der Waals surface area (Å²) in [5, 5.41) is 3.86. The van der Waals surface area contributed by atoms with Crippen molar-refractivity contribution in [1.29, 1.82) is 0 Å². The second-order valence-electron chi connectivity index (χ2n) is 6.65. The number of amides is 1. The Labute approximate surface area is 176 Å². The Bertz CT molecular complexity index is 987. The van der Waals surface area contributed by atoms with Gasteiger partial charge >= 0.3 is 6.61 Å². The number of nitrogens with zero attached hydrogens (tertiary/aromatic N) is 1. The molecule has 1 saturated heterocycles. The fourth-order valence-corrected chi connectivity index (χ4v) is 4.36. The smallest absolute Gasteiger partial charge is 0.387 e. The van der Waals surface area contributed by atoms with Crippen LogP contribution in [0.2, 0.25) is 0 Å². The van der Waals surface area contributed by atoms with E-state index in [1.807, 2.05) is 36.4 Å². The average Bonchev–Trinajstić information content (AvgIpc) is 3.22. The summed E-state index contributed by atoms with van der Waals surface area (Å²) in [5.74, 6) is -0.209. The molecule has 1 aliphatic rings. The number of thiophene rings is 1. The molecule has 0 spiro atoms. The minimum absolute atomic E-state index is 0.0418. The standard InChI is InChI=1S/C22H20F2N2O3S/c23-22(24)29-17-8-6-16(7-9-17)25-20(27)19-14-18(15-4-2-1-3-5-15)21(30-19)26-10-12-28-13-11-26/h1-9,14,22H,10-13H2,(H,25,27). The van der Waals surface area contributed by atoms with Crippen LogP contribution in [0.1, 0.15) is 9.67 Å². The summed E-state index contributed by atoms with van der Waals surface area (Å²) in [6.07, 6.45) is 0. The van der Waals surface area contributed by atoms with Gasteiger partial charge in [0.2, 0.25) is 0 Å². The lowest BCUT2D eigenvalue weighted by molar-refractivity contribution is -0.0498. The van der Waals surface area contributed by atoms with Crippen LogP contribution < -0.4 is 15.0 Å². The van der Waals surface area contributed by atoms with Crippen molar-refractivity contribution in [3.63, 3.8) is 0 Å². The molecule has 2 heterocycles. The Morgan fingerprint density at radius 1 is 1.07 bits per heavy atom. The SMILES string of the molecule is O=C(Nc1ccc(OC(F)F)cc1)c1cc(-c2ccccc2)c(N2CCOCC2)s1. The number of carbonyl (C=O) groups excluding carboxylic acids is 1. The van der Waals surface area contributed by atoms with Gasteiger partial charge in [-0.15, -0.1) is 11.3 Å². The molecule has 1 amide bonds. The highest BCUT2D eigenvalue weighted by molar-refractivity contribution is 7.18. The fourth-order valence-electron chi connectivity index (χ4n) is 3.23. The van der Waals surface area contributed by atoms with Gasteiger partial charge in [-0.2, -0.15) is 8.78 Å². The summed E-state index contributed by atoms with van der Waals surface area (Å²) in [7, 11) is 0. The number of hydrogen-bond donors (Lipinski definition) is 1. The van der Waals surface area contributed by atoms with E-state index < -0.39 is 6.61 Å². The summed E-state index contributed by atoms with van der Waals surface area (Å²) in [4.78, 5) is 15.7. The van der Waals surface area contributed by atoms with Crippen molar-refractivity contribution in [2.45, 2.75) is 6.61 Å². The second kappa shape index (κ2) is 9.23. The number of alkyl halides is 2. The van der Waals surface area contributed by atoms with E-state index in [9.17, 15) is 13.6 Å². The largest absolute Gasteiger partial charge is 0.435 e. The van der Waals surface area contributed by atoms with Crippen LogP contribution >= 0.6 is 11.3 Å². The topological polar surface area (TPSA) is 50.8 Å². The number of hydrogen-bond acceptors (Lipinski definition) is 5. The summed E-state index contributed by atoms with van der Waals surface area (Å²) >= 11 is 1.43. The Kier molecular flexibility index (Phi) is 6.25. The maximum absolute atomic E-state index is 12.9. The van der Waals surface area contributed by atoms with Gasteiger partial charge in [0.15, 0.2) is 0 Å². The molecule has 5 nitrogen and oxygen atoms in total. The maximum atomic E-state index is 12.9. The van der Waals surface area contributed by atoms with E-state index in [1.165, 1.54) is 35.6 Å². The molecule has 0 bridgehead atoms. The first-order chi connectivity index (χ1) is 14.6. The highest BCUT2D eigenvalue weighted by Gasteiger charge is 2.22. The quantitative estimate of drug-likeness (QED) is 0.591. The summed E-state index contributed by atoms with van der Waals surface area (Å²) in [6, 6.07) is 17.7. The van der Waals surface area contributed by atoms with Crippen molar-refractivity contribution in [2.24, 2.45) is 0 Å². The zero-order chi connectivity index (χ0) is 20.9. The van der Waals surface area contributed by atoms with E-state index >= 15 is 0 Å². The van der Waals surface area contributed by atoms with Crippen molar-refractivity contribution in [3.8, 4) is 16.9 Å². The van der Waals surface area contributed by atoms with Crippen molar-refractivity contribution in [1.82, 2.24) is 0 Å². The number of carbonyl (C=O) groups is 1. The lowest BCUT2D eigenvalue weighted by atomic mass is 10.1. The summed E-state index contributed by atoms with van der Waals surface area (Å²) < 4.78 is 34.4. The zero-order valence-corrected chi connectivity index (χ0v) is 16.8. The number of ether oxygens (including phenoxy) is 2. The summed E-state index contributed by atoms with van der Waals surface area (Å²) in [5.41, 5.74) is 2.56. The summed E-state index contributed by atoms with van der Waals surface area (Å²) in [6.45, 7) is -0.0342. The fraction of sp³-hybridized carbons (Fsp3) is 0.227. The molecule has 0 saturated carbocycles. The van der Waals surface area contributed by atoms with E-state index in [0.717, 1.165) is 29.2 Å². The number of rotatable bonds is 6. The van der Waals surface area contributed by atoms with Gasteiger partial charge in [0.05, 0.1) is 23.1 Å². The molecule has 1 aliphatic heterocycles. The van der Waals surface area contributed by atoms with E-state index in [0.29, 0.717) is 23.8 Å². The molecule has 0 unspecified atom stereocenters. The van der Waals surface area contributed by atoms with Crippen LogP contribution in [0.3, 0.4) is 0 Å².